The van der Waals surface area contributed by atoms with Gasteiger partial charge in [-0.1, -0.05) is 5.16 Å². The number of hydrogen-bond acceptors (Lipinski definition) is 9. The van der Waals surface area contributed by atoms with Crippen molar-refractivity contribution in [3.63, 3.8) is 0 Å². The summed E-state index contributed by atoms with van der Waals surface area (Å²) < 4.78 is 9.65. The quantitative estimate of drug-likeness (QED) is 0.451. The van der Waals surface area contributed by atoms with E-state index in [9.17, 15) is 15.0 Å². The number of phenols is 1. The molecule has 3 rings (SSSR count). The van der Waals surface area contributed by atoms with E-state index in [-0.39, 0.29) is 12.4 Å². The fourth-order valence-corrected chi connectivity index (χ4v) is 3.21. The van der Waals surface area contributed by atoms with E-state index in [1.807, 2.05) is 0 Å². The summed E-state index contributed by atoms with van der Waals surface area (Å²) in [7, 11) is 1.23. The first-order chi connectivity index (χ1) is 14.9. The number of aliphatic hydroxyl groups is 1. The Morgan fingerprint density at radius 3 is 2.55 bits per heavy atom. The van der Waals surface area contributed by atoms with Gasteiger partial charge in [0.2, 0.25) is 11.7 Å². The predicted molar refractivity (Wildman–Crippen MR) is 118 cm³/mol. The van der Waals surface area contributed by atoms with Crippen LogP contribution in [0.1, 0.15) is 17.0 Å². The number of thioether (sulfide) groups is 1. The Morgan fingerprint density at radius 2 is 1.97 bits per heavy atom. The zero-order valence-corrected chi connectivity index (χ0v) is 17.9. The molecule has 160 valence electrons. The largest absolute Gasteiger partial charge is 0.508 e. The monoisotopic (exact) mass is 440 g/mol. The van der Waals surface area contributed by atoms with E-state index in [1.165, 1.54) is 31.0 Å². The number of aromatic nitrogens is 2. The van der Waals surface area contributed by atoms with Crippen LogP contribution in [0.15, 0.2) is 57.0 Å². The van der Waals surface area contributed by atoms with Crippen LogP contribution < -0.4 is 0 Å². The first-order valence-electron chi connectivity index (χ1n) is 9.08. The van der Waals surface area contributed by atoms with Crippen LogP contribution in [0.25, 0.3) is 11.4 Å². The van der Waals surface area contributed by atoms with E-state index in [4.69, 9.17) is 4.52 Å². The Morgan fingerprint density at radius 1 is 1.23 bits per heavy atom. The number of aryl methyl sites for hydroxylation is 1. The summed E-state index contributed by atoms with van der Waals surface area (Å²) >= 11 is 1.20. The maximum atomic E-state index is 11.8. The van der Waals surface area contributed by atoms with Crippen molar-refractivity contribution in [3.05, 3.63) is 59.5 Å². The number of aliphatic imine (C=N–C) groups is 2. The number of hydrogen-bond donors (Lipinski definition) is 2. The lowest BCUT2D eigenvalue weighted by atomic mass is 10.1. The van der Waals surface area contributed by atoms with Gasteiger partial charge < -0.3 is 19.5 Å². The van der Waals surface area contributed by atoms with Crippen molar-refractivity contribution in [1.82, 2.24) is 10.1 Å². The summed E-state index contributed by atoms with van der Waals surface area (Å²) in [6.45, 7) is 1.44. The van der Waals surface area contributed by atoms with Gasteiger partial charge in [-0.25, -0.2) is 9.79 Å². The molecular weight excluding hydrogens is 420 g/mol. The second-order valence-corrected chi connectivity index (χ2v) is 7.08. The lowest BCUT2D eigenvalue weighted by Crippen LogP contribution is -2.15. The molecule has 0 bridgehead atoms. The molecule has 1 heterocycles. The van der Waals surface area contributed by atoms with Crippen LogP contribution in [0.4, 0.5) is 10.5 Å². The molecule has 0 unspecified atom stereocenters. The summed E-state index contributed by atoms with van der Waals surface area (Å²) in [6.07, 6.45) is 0.969. The van der Waals surface area contributed by atoms with Crippen LogP contribution in [0.2, 0.25) is 0 Å². The van der Waals surface area contributed by atoms with Gasteiger partial charge in [0, 0.05) is 18.1 Å². The molecule has 0 aliphatic carbocycles. The van der Waals surface area contributed by atoms with E-state index in [1.54, 1.807) is 43.5 Å². The van der Waals surface area contributed by atoms with E-state index in [0.29, 0.717) is 39.3 Å². The third-order valence-corrected chi connectivity index (χ3v) is 4.76. The molecule has 0 radical (unpaired) electrons. The highest BCUT2D eigenvalue weighted by atomic mass is 32.2. The molecule has 2 N–H and O–H groups in total. The Labute approximate surface area is 182 Å². The van der Waals surface area contributed by atoms with E-state index in [0.717, 1.165) is 5.56 Å². The molecule has 10 heteroatoms. The van der Waals surface area contributed by atoms with E-state index >= 15 is 0 Å². The molecule has 3 aromatic rings. The smallest absolute Gasteiger partial charge is 0.434 e. The average molecular weight is 440 g/mol. The van der Waals surface area contributed by atoms with Crippen molar-refractivity contribution < 1.29 is 24.3 Å². The number of ether oxygens (including phenoxy) is 1. The van der Waals surface area contributed by atoms with Gasteiger partial charge in [-0.15, -0.1) is 11.8 Å². The number of carbonyl (C=O) groups excluding carboxylic acids is 1. The molecular formula is C21H20N4O5S. The van der Waals surface area contributed by atoms with Gasteiger partial charge in [0.1, 0.15) is 16.5 Å². The van der Waals surface area contributed by atoms with Crippen molar-refractivity contribution >= 4 is 34.3 Å². The lowest BCUT2D eigenvalue weighted by molar-refractivity contribution is 0.183. The molecule has 31 heavy (non-hydrogen) atoms. The Hall–Kier alpha value is -3.50. The van der Waals surface area contributed by atoms with Crippen LogP contribution >= 0.6 is 11.8 Å². The Balaban J connectivity index is 2.09. The number of benzene rings is 2. The summed E-state index contributed by atoms with van der Waals surface area (Å²) in [6, 6.07) is 11.7. The molecule has 9 nitrogen and oxygen atoms in total. The Bertz CT molecular complexity index is 1140. The van der Waals surface area contributed by atoms with Crippen molar-refractivity contribution in [2.45, 2.75) is 13.5 Å². The molecule has 2 aromatic carbocycles. The highest BCUT2D eigenvalue weighted by Crippen LogP contribution is 2.24. The number of methoxy groups -OCH3 is 1. The van der Waals surface area contributed by atoms with Gasteiger partial charge in [0.15, 0.2) is 0 Å². The van der Waals surface area contributed by atoms with Crippen LogP contribution in [-0.4, -0.2) is 50.6 Å². The molecule has 0 spiro atoms. The summed E-state index contributed by atoms with van der Waals surface area (Å²) in [4.78, 5) is 24.6. The topological polar surface area (TPSA) is 130 Å². The lowest BCUT2D eigenvalue weighted by Gasteiger charge is -2.11. The zero-order valence-electron chi connectivity index (χ0n) is 17.1. The first kappa shape index (κ1) is 22.2. The molecule has 0 saturated heterocycles. The van der Waals surface area contributed by atoms with Crippen LogP contribution in [0, 0.1) is 6.92 Å². The summed E-state index contributed by atoms with van der Waals surface area (Å²) in [5, 5.41) is 23.7. The van der Waals surface area contributed by atoms with E-state index < -0.39 is 6.09 Å². The molecule has 0 aliphatic heterocycles. The standard InChI is InChI=1S/C21H20N4O5S/c1-12-22-19(25-30-12)14-4-6-16(7-5-14)23-18(20(31-3)24-21(28)29-2)15-8-13(11-26)9-17(27)10-15/h4-10,26-27H,11H2,1-3H3. The van der Waals surface area contributed by atoms with Crippen LogP contribution in [0.3, 0.4) is 0 Å². The third-order valence-electron chi connectivity index (χ3n) is 4.09. The minimum absolute atomic E-state index is 0.0457. The summed E-state index contributed by atoms with van der Waals surface area (Å²) in [5.41, 5.74) is 2.64. The van der Waals surface area contributed by atoms with Gasteiger partial charge in [-0.05, 0) is 54.3 Å². The van der Waals surface area contributed by atoms with Gasteiger partial charge in [0.05, 0.1) is 19.4 Å². The molecule has 0 saturated carbocycles. The van der Waals surface area contributed by atoms with Crippen LogP contribution in [-0.2, 0) is 11.3 Å². The number of aliphatic hydroxyl groups excluding tert-OH is 1. The molecule has 0 atom stereocenters. The fraction of sp³-hybridized carbons (Fsp3) is 0.190. The Kier molecular flexibility index (Phi) is 7.16. The minimum Gasteiger partial charge on any atom is -0.508 e. The number of phenolic OH excluding ortho intramolecular Hbond substituents is 1. The fourth-order valence-electron chi connectivity index (χ4n) is 2.69. The number of nitrogens with zero attached hydrogens (tertiary/aromatic N) is 4. The molecule has 0 fully saturated rings. The molecule has 0 aliphatic rings. The molecule has 1 aromatic heterocycles. The maximum absolute atomic E-state index is 11.8. The number of amides is 1. The van der Waals surface area contributed by atoms with Crippen LogP contribution in [0.5, 0.6) is 5.75 Å². The van der Waals surface area contributed by atoms with Crippen molar-refractivity contribution in [1.29, 1.82) is 0 Å². The van der Waals surface area contributed by atoms with Gasteiger partial charge in [-0.3, -0.25) is 0 Å². The van der Waals surface area contributed by atoms with E-state index in [2.05, 4.69) is 24.9 Å². The predicted octanol–water partition coefficient (Wildman–Crippen LogP) is 3.89. The second kappa shape index (κ2) is 10.0. The van der Waals surface area contributed by atoms with Gasteiger partial charge in [0.25, 0.3) is 0 Å². The van der Waals surface area contributed by atoms with Crippen molar-refractivity contribution in [2.24, 2.45) is 9.98 Å². The van der Waals surface area contributed by atoms with Gasteiger partial charge in [-0.2, -0.15) is 9.98 Å². The second-order valence-electron chi connectivity index (χ2n) is 6.28. The minimum atomic E-state index is -0.776. The highest BCUT2D eigenvalue weighted by molar-refractivity contribution is 8.15. The van der Waals surface area contributed by atoms with Crippen molar-refractivity contribution in [3.8, 4) is 17.1 Å². The zero-order chi connectivity index (χ0) is 22.4. The third kappa shape index (κ3) is 5.56. The first-order valence-corrected chi connectivity index (χ1v) is 10.3. The average Bonchev–Trinajstić information content (AvgIpc) is 3.22. The number of rotatable bonds is 5. The number of aromatic hydroxyl groups is 1. The SMILES string of the molecule is COC(=O)N=C(SC)C(=Nc1ccc(-c2noc(C)n2)cc1)c1cc(O)cc(CO)c1. The maximum Gasteiger partial charge on any atom is 0.434 e. The van der Waals surface area contributed by atoms with Gasteiger partial charge >= 0.3 is 6.09 Å². The highest BCUT2D eigenvalue weighted by Gasteiger charge is 2.16. The van der Waals surface area contributed by atoms with Crippen molar-refractivity contribution in [2.75, 3.05) is 13.4 Å². The summed E-state index contributed by atoms with van der Waals surface area (Å²) in [5.74, 6) is 0.882. The normalized spacial score (nSPS) is 12.1. The number of carbonyl (C=O) groups is 1. The molecule has 1 amide bonds.